The van der Waals surface area contributed by atoms with Crippen LogP contribution in [0, 0.1) is 5.92 Å². The lowest BCUT2D eigenvalue weighted by atomic mass is 9.88. The molecule has 4 nitrogen and oxygen atoms in total. The second-order valence-electron chi connectivity index (χ2n) is 4.91. The van der Waals surface area contributed by atoms with Crippen LogP contribution in [0.2, 0.25) is 0 Å². The lowest BCUT2D eigenvalue weighted by Gasteiger charge is -2.20. The molecular weight excluding hydrogens is 228 g/mol. The summed E-state index contributed by atoms with van der Waals surface area (Å²) in [7, 11) is 0. The summed E-state index contributed by atoms with van der Waals surface area (Å²) in [4.78, 5) is 4.52. The van der Waals surface area contributed by atoms with Crippen molar-refractivity contribution in [1.29, 1.82) is 0 Å². The number of aliphatic imine (C=N–C) groups is 1. The lowest BCUT2D eigenvalue weighted by Crippen LogP contribution is -2.25. The number of ether oxygens (including phenoxy) is 2. The summed E-state index contributed by atoms with van der Waals surface area (Å²) in [5, 5.41) is 0. The van der Waals surface area contributed by atoms with Crippen LogP contribution >= 0.6 is 0 Å². The largest absolute Gasteiger partial charge is 0.454 e. The van der Waals surface area contributed by atoms with Gasteiger partial charge in [-0.05, 0) is 25.0 Å². The zero-order valence-corrected chi connectivity index (χ0v) is 10.4. The van der Waals surface area contributed by atoms with Gasteiger partial charge in [-0.1, -0.05) is 19.3 Å². The van der Waals surface area contributed by atoms with Gasteiger partial charge in [0.05, 0.1) is 5.69 Å². The van der Waals surface area contributed by atoms with E-state index in [1.54, 1.807) is 0 Å². The molecule has 0 saturated heterocycles. The molecule has 0 bridgehead atoms. The van der Waals surface area contributed by atoms with Crippen molar-refractivity contribution in [2.24, 2.45) is 16.6 Å². The Bertz CT molecular complexity index is 465. The van der Waals surface area contributed by atoms with Gasteiger partial charge in [-0.2, -0.15) is 0 Å². The Morgan fingerprint density at radius 2 is 1.89 bits per heavy atom. The fourth-order valence-corrected chi connectivity index (χ4v) is 2.59. The highest BCUT2D eigenvalue weighted by Crippen LogP contribution is 2.35. The number of benzene rings is 1. The molecule has 0 unspecified atom stereocenters. The van der Waals surface area contributed by atoms with Crippen LogP contribution in [0.3, 0.4) is 0 Å². The summed E-state index contributed by atoms with van der Waals surface area (Å²) in [5.74, 6) is 2.75. The van der Waals surface area contributed by atoms with Crippen molar-refractivity contribution in [2.45, 2.75) is 32.1 Å². The van der Waals surface area contributed by atoms with Crippen LogP contribution in [0.25, 0.3) is 0 Å². The van der Waals surface area contributed by atoms with E-state index in [0.29, 0.717) is 12.7 Å². The Hall–Kier alpha value is -1.71. The number of nitrogens with two attached hydrogens (primary N) is 1. The summed E-state index contributed by atoms with van der Waals surface area (Å²) in [6, 6.07) is 5.69. The smallest absolute Gasteiger partial charge is 0.231 e. The first-order chi connectivity index (χ1) is 8.83. The third-order valence-corrected chi connectivity index (χ3v) is 3.64. The van der Waals surface area contributed by atoms with E-state index in [0.717, 1.165) is 23.0 Å². The van der Waals surface area contributed by atoms with Crippen molar-refractivity contribution < 1.29 is 9.47 Å². The molecule has 1 aromatic carbocycles. The molecule has 2 aliphatic rings. The number of fused-ring (bicyclic) bond motifs is 1. The highest BCUT2D eigenvalue weighted by Gasteiger charge is 2.18. The first kappa shape index (κ1) is 11.4. The quantitative estimate of drug-likeness (QED) is 0.644. The first-order valence-electron chi connectivity index (χ1n) is 6.56. The Balaban J connectivity index is 1.78. The molecule has 1 heterocycles. The standard InChI is InChI=1S/C14H18N2O2/c15-14(10-4-2-1-3-5-10)16-11-6-7-12-13(8-11)18-9-17-12/h6-8,10H,1-5,9H2,(H2,15,16). The average Bonchev–Trinajstić information content (AvgIpc) is 2.87. The summed E-state index contributed by atoms with van der Waals surface area (Å²) in [6.07, 6.45) is 6.19. The van der Waals surface area contributed by atoms with E-state index < -0.39 is 0 Å². The predicted molar refractivity (Wildman–Crippen MR) is 70.4 cm³/mol. The van der Waals surface area contributed by atoms with E-state index in [2.05, 4.69) is 4.99 Å². The third kappa shape index (κ3) is 2.28. The topological polar surface area (TPSA) is 56.8 Å². The van der Waals surface area contributed by atoms with Gasteiger partial charge in [-0.3, -0.25) is 0 Å². The zero-order valence-electron chi connectivity index (χ0n) is 10.4. The molecule has 0 radical (unpaired) electrons. The van der Waals surface area contributed by atoms with E-state index in [-0.39, 0.29) is 0 Å². The van der Waals surface area contributed by atoms with Crippen molar-refractivity contribution in [3.05, 3.63) is 18.2 Å². The molecule has 0 spiro atoms. The SMILES string of the molecule is NC(=Nc1ccc2c(c1)OCO2)C1CCCCC1. The van der Waals surface area contributed by atoms with Crippen LogP contribution in [-0.4, -0.2) is 12.6 Å². The van der Waals surface area contributed by atoms with Gasteiger partial charge in [0, 0.05) is 12.0 Å². The van der Waals surface area contributed by atoms with Gasteiger partial charge in [0.25, 0.3) is 0 Å². The molecule has 4 heteroatoms. The van der Waals surface area contributed by atoms with E-state index in [4.69, 9.17) is 15.2 Å². The van der Waals surface area contributed by atoms with Crippen LogP contribution in [0.5, 0.6) is 11.5 Å². The van der Waals surface area contributed by atoms with Crippen LogP contribution in [0.4, 0.5) is 5.69 Å². The maximum absolute atomic E-state index is 6.10. The number of rotatable bonds is 2. The van der Waals surface area contributed by atoms with E-state index in [1.807, 2.05) is 18.2 Å². The maximum Gasteiger partial charge on any atom is 0.231 e. The zero-order chi connectivity index (χ0) is 12.4. The van der Waals surface area contributed by atoms with Gasteiger partial charge >= 0.3 is 0 Å². The molecule has 96 valence electrons. The Kier molecular flexibility index (Phi) is 3.09. The Morgan fingerprint density at radius 3 is 2.72 bits per heavy atom. The van der Waals surface area contributed by atoms with Gasteiger partial charge in [-0.15, -0.1) is 0 Å². The summed E-state index contributed by atoms with van der Waals surface area (Å²) in [6.45, 7) is 0.292. The Morgan fingerprint density at radius 1 is 1.11 bits per heavy atom. The normalized spacial score (nSPS) is 20.1. The molecule has 1 fully saturated rings. The molecule has 1 aromatic rings. The van der Waals surface area contributed by atoms with Gasteiger partial charge in [0.1, 0.15) is 5.84 Å². The van der Waals surface area contributed by atoms with Crippen molar-refractivity contribution in [3.63, 3.8) is 0 Å². The average molecular weight is 246 g/mol. The fraction of sp³-hybridized carbons (Fsp3) is 0.500. The minimum absolute atomic E-state index is 0.292. The van der Waals surface area contributed by atoms with E-state index in [1.165, 1.54) is 32.1 Å². The second kappa shape index (κ2) is 4.88. The van der Waals surface area contributed by atoms with Crippen LogP contribution < -0.4 is 15.2 Å². The van der Waals surface area contributed by atoms with Gasteiger partial charge < -0.3 is 15.2 Å². The third-order valence-electron chi connectivity index (χ3n) is 3.64. The van der Waals surface area contributed by atoms with Gasteiger partial charge in [0.15, 0.2) is 11.5 Å². The molecule has 0 aromatic heterocycles. The summed E-state index contributed by atoms with van der Waals surface area (Å²) < 4.78 is 10.6. The highest BCUT2D eigenvalue weighted by atomic mass is 16.7. The number of amidine groups is 1. The monoisotopic (exact) mass is 246 g/mol. The molecule has 0 amide bonds. The molecule has 1 saturated carbocycles. The lowest BCUT2D eigenvalue weighted by molar-refractivity contribution is 0.174. The highest BCUT2D eigenvalue weighted by molar-refractivity contribution is 5.85. The van der Waals surface area contributed by atoms with E-state index in [9.17, 15) is 0 Å². The minimum Gasteiger partial charge on any atom is -0.454 e. The molecule has 1 aliphatic heterocycles. The molecule has 18 heavy (non-hydrogen) atoms. The number of nitrogens with zero attached hydrogens (tertiary/aromatic N) is 1. The van der Waals surface area contributed by atoms with Crippen molar-refractivity contribution >= 4 is 11.5 Å². The minimum atomic E-state index is 0.292. The molecule has 1 aliphatic carbocycles. The summed E-state index contributed by atoms with van der Waals surface area (Å²) >= 11 is 0. The molecular formula is C14H18N2O2. The van der Waals surface area contributed by atoms with Crippen molar-refractivity contribution in [3.8, 4) is 11.5 Å². The van der Waals surface area contributed by atoms with E-state index >= 15 is 0 Å². The van der Waals surface area contributed by atoms with Crippen LogP contribution in [-0.2, 0) is 0 Å². The summed E-state index contributed by atoms with van der Waals surface area (Å²) in [5.41, 5.74) is 6.95. The second-order valence-corrected chi connectivity index (χ2v) is 4.91. The van der Waals surface area contributed by atoms with Crippen molar-refractivity contribution in [2.75, 3.05) is 6.79 Å². The molecule has 0 atom stereocenters. The van der Waals surface area contributed by atoms with Gasteiger partial charge in [-0.25, -0.2) is 4.99 Å². The van der Waals surface area contributed by atoms with Crippen LogP contribution in [0.15, 0.2) is 23.2 Å². The fourth-order valence-electron chi connectivity index (χ4n) is 2.59. The first-order valence-corrected chi connectivity index (χ1v) is 6.56. The maximum atomic E-state index is 6.10. The van der Waals surface area contributed by atoms with Crippen molar-refractivity contribution in [1.82, 2.24) is 0 Å². The molecule has 2 N–H and O–H groups in total. The van der Waals surface area contributed by atoms with Crippen LogP contribution in [0.1, 0.15) is 32.1 Å². The number of hydrogen-bond donors (Lipinski definition) is 1. The van der Waals surface area contributed by atoms with Gasteiger partial charge in [0.2, 0.25) is 6.79 Å². The number of hydrogen-bond acceptors (Lipinski definition) is 3. The predicted octanol–water partition coefficient (Wildman–Crippen LogP) is 2.98. The molecule has 3 rings (SSSR count). The Labute approximate surface area is 107 Å².